The molecule has 2 aliphatic heterocycles. The van der Waals surface area contributed by atoms with E-state index in [9.17, 15) is 14.4 Å². The minimum Gasteiger partial charge on any atom is -0.486 e. The van der Waals surface area contributed by atoms with Crippen LogP contribution in [0.1, 0.15) is 26.7 Å². The van der Waals surface area contributed by atoms with Gasteiger partial charge in [-0.3, -0.25) is 25.2 Å². The number of fused-ring (bicyclic) bond motifs is 1. The highest BCUT2D eigenvalue weighted by molar-refractivity contribution is 6.00. The zero-order valence-electron chi connectivity index (χ0n) is 14.9. The summed E-state index contributed by atoms with van der Waals surface area (Å²) in [4.78, 5) is 37.8. The van der Waals surface area contributed by atoms with Gasteiger partial charge in [0.1, 0.15) is 13.2 Å². The Kier molecular flexibility index (Phi) is 5.29. The first kappa shape index (κ1) is 18.0. The SMILES string of the molecule is CC(C)CC(=O)NNC(=O)C1CC(=O)N(c2ccc3c(c2)OCCO3)C1. The number of hydrogen-bond donors (Lipinski definition) is 2. The van der Waals surface area contributed by atoms with E-state index in [1.807, 2.05) is 13.8 Å². The summed E-state index contributed by atoms with van der Waals surface area (Å²) in [5.41, 5.74) is 5.47. The summed E-state index contributed by atoms with van der Waals surface area (Å²) in [5.74, 6) is 0.164. The Hall–Kier alpha value is -2.77. The number of carbonyl (C=O) groups is 3. The normalized spacial score (nSPS) is 18.8. The second kappa shape index (κ2) is 7.63. The van der Waals surface area contributed by atoms with Crippen molar-refractivity contribution in [1.29, 1.82) is 0 Å². The maximum atomic E-state index is 12.3. The van der Waals surface area contributed by atoms with Crippen molar-refractivity contribution >= 4 is 23.4 Å². The first-order chi connectivity index (χ1) is 12.4. The number of nitrogens with one attached hydrogen (secondary N) is 2. The van der Waals surface area contributed by atoms with Gasteiger partial charge >= 0.3 is 0 Å². The molecule has 0 aromatic heterocycles. The van der Waals surface area contributed by atoms with Gasteiger partial charge in [0.15, 0.2) is 11.5 Å². The van der Waals surface area contributed by atoms with Crippen LogP contribution >= 0.6 is 0 Å². The maximum absolute atomic E-state index is 12.3. The summed E-state index contributed by atoms with van der Waals surface area (Å²) in [5, 5.41) is 0. The topological polar surface area (TPSA) is 97.0 Å². The van der Waals surface area contributed by atoms with Crippen molar-refractivity contribution in [2.45, 2.75) is 26.7 Å². The quantitative estimate of drug-likeness (QED) is 0.780. The fraction of sp³-hybridized carbons (Fsp3) is 0.500. The predicted octanol–water partition coefficient (Wildman–Crippen LogP) is 1.00. The molecule has 0 aliphatic carbocycles. The van der Waals surface area contributed by atoms with Crippen LogP contribution in [0.15, 0.2) is 18.2 Å². The van der Waals surface area contributed by atoms with Gasteiger partial charge < -0.3 is 14.4 Å². The average molecular weight is 361 g/mol. The Labute approximate surface area is 151 Å². The van der Waals surface area contributed by atoms with Gasteiger partial charge in [-0.1, -0.05) is 13.8 Å². The first-order valence-corrected chi connectivity index (χ1v) is 8.72. The lowest BCUT2D eigenvalue weighted by atomic mass is 10.1. The molecule has 0 bridgehead atoms. The lowest BCUT2D eigenvalue weighted by Crippen LogP contribution is -2.45. The van der Waals surface area contributed by atoms with E-state index in [0.29, 0.717) is 36.8 Å². The molecule has 1 saturated heterocycles. The number of benzene rings is 1. The zero-order chi connectivity index (χ0) is 18.7. The van der Waals surface area contributed by atoms with Crippen LogP contribution in [0.25, 0.3) is 0 Å². The first-order valence-electron chi connectivity index (χ1n) is 8.72. The van der Waals surface area contributed by atoms with Crippen LogP contribution in [0.5, 0.6) is 11.5 Å². The molecular formula is C18H23N3O5. The smallest absolute Gasteiger partial charge is 0.243 e. The average Bonchev–Trinajstić information content (AvgIpc) is 3.00. The minimum absolute atomic E-state index is 0.0975. The van der Waals surface area contributed by atoms with Crippen molar-refractivity contribution in [1.82, 2.24) is 10.9 Å². The van der Waals surface area contributed by atoms with Gasteiger partial charge in [0.05, 0.1) is 5.92 Å². The van der Waals surface area contributed by atoms with E-state index >= 15 is 0 Å². The van der Waals surface area contributed by atoms with Crippen molar-refractivity contribution < 1.29 is 23.9 Å². The molecule has 3 rings (SSSR count). The summed E-state index contributed by atoms with van der Waals surface area (Å²) < 4.78 is 11.0. The molecule has 1 unspecified atom stereocenters. The molecule has 1 aromatic carbocycles. The van der Waals surface area contributed by atoms with Crippen molar-refractivity contribution in [2.24, 2.45) is 11.8 Å². The number of hydrogen-bond acceptors (Lipinski definition) is 5. The lowest BCUT2D eigenvalue weighted by Gasteiger charge is -2.22. The molecule has 1 aromatic rings. The third kappa shape index (κ3) is 4.07. The number of carbonyl (C=O) groups excluding carboxylic acids is 3. The van der Waals surface area contributed by atoms with Crippen LogP contribution in [0, 0.1) is 11.8 Å². The van der Waals surface area contributed by atoms with Gasteiger partial charge in [-0.25, -0.2) is 0 Å². The minimum atomic E-state index is -0.518. The van der Waals surface area contributed by atoms with Crippen LogP contribution in [0.2, 0.25) is 0 Å². The van der Waals surface area contributed by atoms with Crippen LogP contribution in [-0.4, -0.2) is 37.5 Å². The Balaban J connectivity index is 1.60. The zero-order valence-corrected chi connectivity index (χ0v) is 14.9. The molecule has 2 aliphatic rings. The monoisotopic (exact) mass is 361 g/mol. The molecule has 0 radical (unpaired) electrons. The third-order valence-corrected chi connectivity index (χ3v) is 4.25. The number of amides is 3. The predicted molar refractivity (Wildman–Crippen MR) is 93.6 cm³/mol. The van der Waals surface area contributed by atoms with Gasteiger partial charge in [0.25, 0.3) is 0 Å². The summed E-state index contributed by atoms with van der Waals surface area (Å²) in [6.45, 7) is 5.06. The van der Waals surface area contributed by atoms with Gasteiger partial charge in [-0.05, 0) is 18.1 Å². The Morgan fingerprint density at radius 2 is 1.92 bits per heavy atom. The van der Waals surface area contributed by atoms with Crippen LogP contribution < -0.4 is 25.2 Å². The second-order valence-electron chi connectivity index (χ2n) is 6.87. The van der Waals surface area contributed by atoms with E-state index in [1.54, 1.807) is 23.1 Å². The Bertz CT molecular complexity index is 719. The Morgan fingerprint density at radius 3 is 2.65 bits per heavy atom. The third-order valence-electron chi connectivity index (χ3n) is 4.25. The van der Waals surface area contributed by atoms with Crippen LogP contribution in [-0.2, 0) is 14.4 Å². The molecule has 26 heavy (non-hydrogen) atoms. The number of hydrazine groups is 1. The number of rotatable bonds is 4. The van der Waals surface area contributed by atoms with Gasteiger partial charge in [-0.15, -0.1) is 0 Å². The fourth-order valence-corrected chi connectivity index (χ4v) is 2.99. The molecule has 3 amide bonds. The van der Waals surface area contributed by atoms with Crippen molar-refractivity contribution in [3.8, 4) is 11.5 Å². The molecule has 1 atom stereocenters. The van der Waals surface area contributed by atoms with Gasteiger partial charge in [0.2, 0.25) is 17.7 Å². The fourth-order valence-electron chi connectivity index (χ4n) is 2.99. The molecule has 1 fully saturated rings. The van der Waals surface area contributed by atoms with Crippen molar-refractivity contribution in [3.63, 3.8) is 0 Å². The van der Waals surface area contributed by atoms with E-state index in [-0.39, 0.29) is 36.6 Å². The maximum Gasteiger partial charge on any atom is 0.243 e. The van der Waals surface area contributed by atoms with E-state index in [4.69, 9.17) is 9.47 Å². The number of anilines is 1. The van der Waals surface area contributed by atoms with E-state index in [2.05, 4.69) is 10.9 Å². The second-order valence-corrected chi connectivity index (χ2v) is 6.87. The largest absolute Gasteiger partial charge is 0.486 e. The summed E-state index contributed by atoms with van der Waals surface area (Å²) in [6.07, 6.45) is 0.424. The Morgan fingerprint density at radius 1 is 1.19 bits per heavy atom. The number of nitrogens with zero attached hydrogens (tertiary/aromatic N) is 1. The standard InChI is InChI=1S/C18H23N3O5/c1-11(2)7-16(22)19-20-18(24)12-8-17(23)21(10-12)13-3-4-14-15(9-13)26-6-5-25-14/h3-4,9,11-12H,5-8,10H2,1-2H3,(H,19,22)(H,20,24). The van der Waals surface area contributed by atoms with Crippen LogP contribution in [0.4, 0.5) is 5.69 Å². The highest BCUT2D eigenvalue weighted by Crippen LogP contribution is 2.35. The highest BCUT2D eigenvalue weighted by Gasteiger charge is 2.35. The van der Waals surface area contributed by atoms with E-state index in [0.717, 1.165) is 0 Å². The summed E-state index contributed by atoms with van der Waals surface area (Å²) in [6, 6.07) is 5.28. The molecule has 0 saturated carbocycles. The molecular weight excluding hydrogens is 338 g/mol. The van der Waals surface area contributed by atoms with Gasteiger partial charge in [0, 0.05) is 31.1 Å². The molecule has 2 heterocycles. The van der Waals surface area contributed by atoms with Gasteiger partial charge in [-0.2, -0.15) is 0 Å². The van der Waals surface area contributed by atoms with E-state index in [1.165, 1.54) is 0 Å². The highest BCUT2D eigenvalue weighted by atomic mass is 16.6. The van der Waals surface area contributed by atoms with E-state index < -0.39 is 5.92 Å². The molecule has 0 spiro atoms. The molecule has 8 nitrogen and oxygen atoms in total. The van der Waals surface area contributed by atoms with Crippen LogP contribution in [0.3, 0.4) is 0 Å². The van der Waals surface area contributed by atoms with Crippen molar-refractivity contribution in [3.05, 3.63) is 18.2 Å². The molecule has 140 valence electrons. The summed E-state index contributed by atoms with van der Waals surface area (Å²) in [7, 11) is 0. The molecule has 8 heteroatoms. The summed E-state index contributed by atoms with van der Waals surface area (Å²) >= 11 is 0. The number of ether oxygens (including phenoxy) is 2. The van der Waals surface area contributed by atoms with Crippen molar-refractivity contribution in [2.75, 3.05) is 24.7 Å². The molecule has 2 N–H and O–H groups in total. The lowest BCUT2D eigenvalue weighted by molar-refractivity contribution is -0.131.